The molecule has 0 aliphatic heterocycles. The van der Waals surface area contributed by atoms with Crippen LogP contribution >= 0.6 is 0 Å². The Morgan fingerprint density at radius 3 is 2.17 bits per heavy atom. The summed E-state index contributed by atoms with van der Waals surface area (Å²) < 4.78 is 0. The first-order valence-electron chi connectivity index (χ1n) is 5.40. The molecule has 0 heterocycles. The normalized spacial score (nSPS) is 18.6. The minimum Gasteiger partial charge on any atom is -0.328 e. The molecule has 2 rings (SSSR count). The smallest absolute Gasteiger partial charge is 0.233 e. The number of rotatable bonds is 1. The predicted octanol–water partition coefficient (Wildman–Crippen LogP) is 0.482. The zero-order valence-corrected chi connectivity index (χ0v) is 9.97. The van der Waals surface area contributed by atoms with Crippen LogP contribution in [-0.2, 0) is 9.59 Å². The van der Waals surface area contributed by atoms with E-state index in [1.54, 1.807) is 12.1 Å². The Morgan fingerprint density at radius 2 is 1.61 bits per heavy atom. The molecule has 18 heavy (non-hydrogen) atoms. The fraction of sp³-hybridized carbons (Fsp3) is 0.231. The van der Waals surface area contributed by atoms with Crippen LogP contribution in [0.25, 0.3) is 0 Å². The Kier molecular flexibility index (Phi) is 2.82. The van der Waals surface area contributed by atoms with Gasteiger partial charge in [-0.05, 0) is 0 Å². The molecular formula is C13H11NO4. The highest BCUT2D eigenvalue weighted by Gasteiger charge is 2.43. The van der Waals surface area contributed by atoms with Gasteiger partial charge in [0.15, 0.2) is 11.8 Å². The minimum absolute atomic E-state index is 0.112. The molecule has 0 fully saturated rings. The van der Waals surface area contributed by atoms with Crippen LogP contribution in [0.1, 0.15) is 27.6 Å². The summed E-state index contributed by atoms with van der Waals surface area (Å²) in [4.78, 5) is 48.2. The van der Waals surface area contributed by atoms with Gasteiger partial charge in [-0.3, -0.25) is 19.2 Å². The summed E-state index contributed by atoms with van der Waals surface area (Å²) in [6, 6.07) is 4.81. The number of hydrogen-bond donors (Lipinski definition) is 0. The number of Topliss-reactive ketones (excluding diaryl/α,β-unsaturated/α-hetero) is 3. The summed E-state index contributed by atoms with van der Waals surface area (Å²) in [6.07, 6.45) is 0. The van der Waals surface area contributed by atoms with E-state index in [4.69, 9.17) is 0 Å². The molecule has 1 amide bonds. The van der Waals surface area contributed by atoms with E-state index in [1.165, 1.54) is 26.1 Å². The molecule has 1 aliphatic carbocycles. The summed E-state index contributed by atoms with van der Waals surface area (Å²) in [7, 11) is 1.34. The van der Waals surface area contributed by atoms with Gasteiger partial charge in [0.1, 0.15) is 0 Å². The summed E-state index contributed by atoms with van der Waals surface area (Å²) in [5, 5.41) is 0. The minimum atomic E-state index is -1.33. The van der Waals surface area contributed by atoms with Gasteiger partial charge in [0.25, 0.3) is 0 Å². The van der Waals surface area contributed by atoms with Crippen LogP contribution in [0.4, 0.5) is 0 Å². The summed E-state index contributed by atoms with van der Waals surface area (Å²) >= 11 is 0. The number of fused-ring (bicyclic) bond motifs is 1. The van der Waals surface area contributed by atoms with Crippen molar-refractivity contribution in [3.05, 3.63) is 35.4 Å². The van der Waals surface area contributed by atoms with Gasteiger partial charge in [0.2, 0.25) is 17.5 Å². The van der Waals surface area contributed by atoms with E-state index in [0.717, 1.165) is 4.90 Å². The number of ketones is 3. The molecule has 1 atom stereocenters. The van der Waals surface area contributed by atoms with E-state index in [-0.39, 0.29) is 11.1 Å². The standard InChI is InChI=1S/C13H11NO4/c1-7(15)14(2)10-11(16)8-5-3-4-6-9(8)12(17)13(10)18/h3-6,10H,1-2H3/t10-/m0/s1. The second-order valence-corrected chi connectivity index (χ2v) is 4.14. The molecule has 0 spiro atoms. The van der Waals surface area contributed by atoms with Gasteiger partial charge < -0.3 is 4.90 Å². The highest BCUT2D eigenvalue weighted by Crippen LogP contribution is 2.22. The second kappa shape index (κ2) is 4.18. The van der Waals surface area contributed by atoms with Crippen molar-refractivity contribution in [2.45, 2.75) is 13.0 Å². The number of nitrogens with zero attached hydrogens (tertiary/aromatic N) is 1. The third-order valence-corrected chi connectivity index (χ3v) is 3.04. The maximum atomic E-state index is 12.2. The average molecular weight is 245 g/mol. The number of carbonyl (C=O) groups excluding carboxylic acids is 4. The van der Waals surface area contributed by atoms with Gasteiger partial charge in [-0.25, -0.2) is 0 Å². The predicted molar refractivity (Wildman–Crippen MR) is 62.3 cm³/mol. The van der Waals surface area contributed by atoms with E-state index in [2.05, 4.69) is 0 Å². The van der Waals surface area contributed by atoms with Crippen LogP contribution in [0.15, 0.2) is 24.3 Å². The summed E-state index contributed by atoms with van der Waals surface area (Å²) in [6.45, 7) is 1.24. The lowest BCUT2D eigenvalue weighted by Gasteiger charge is -2.28. The zero-order chi connectivity index (χ0) is 13.4. The highest BCUT2D eigenvalue weighted by molar-refractivity contribution is 6.53. The molecule has 0 radical (unpaired) electrons. The fourth-order valence-electron chi connectivity index (χ4n) is 1.95. The van der Waals surface area contributed by atoms with Gasteiger partial charge in [-0.2, -0.15) is 0 Å². The van der Waals surface area contributed by atoms with E-state index >= 15 is 0 Å². The molecule has 0 aromatic heterocycles. The van der Waals surface area contributed by atoms with Gasteiger partial charge in [0, 0.05) is 25.1 Å². The topological polar surface area (TPSA) is 71.5 Å². The van der Waals surface area contributed by atoms with E-state index < -0.39 is 29.3 Å². The molecule has 1 aromatic carbocycles. The third-order valence-electron chi connectivity index (χ3n) is 3.04. The van der Waals surface area contributed by atoms with Crippen molar-refractivity contribution in [1.82, 2.24) is 4.90 Å². The molecule has 1 aromatic rings. The first-order chi connectivity index (χ1) is 8.45. The number of benzene rings is 1. The fourth-order valence-corrected chi connectivity index (χ4v) is 1.95. The molecule has 5 nitrogen and oxygen atoms in total. The quantitative estimate of drug-likeness (QED) is 0.533. The molecule has 1 aliphatic rings. The monoisotopic (exact) mass is 245 g/mol. The number of likely N-dealkylation sites (N-methyl/N-ethyl adjacent to an activating group) is 1. The maximum absolute atomic E-state index is 12.2. The van der Waals surface area contributed by atoms with Crippen molar-refractivity contribution >= 4 is 23.3 Å². The SMILES string of the molecule is CC(=O)N(C)[C@@H]1C(=O)C(=O)c2ccccc2C1=O. The first-order valence-corrected chi connectivity index (χ1v) is 5.40. The van der Waals surface area contributed by atoms with Crippen LogP contribution in [0.3, 0.4) is 0 Å². The van der Waals surface area contributed by atoms with Gasteiger partial charge in [-0.15, -0.1) is 0 Å². The van der Waals surface area contributed by atoms with Crippen molar-refractivity contribution < 1.29 is 19.2 Å². The van der Waals surface area contributed by atoms with Gasteiger partial charge >= 0.3 is 0 Å². The molecule has 0 unspecified atom stereocenters. The largest absolute Gasteiger partial charge is 0.328 e. The van der Waals surface area contributed by atoms with Crippen LogP contribution < -0.4 is 0 Å². The Bertz CT molecular complexity index is 576. The van der Waals surface area contributed by atoms with Crippen molar-refractivity contribution in [2.75, 3.05) is 7.05 Å². The molecule has 92 valence electrons. The molecule has 0 bridgehead atoms. The van der Waals surface area contributed by atoms with Crippen LogP contribution in [0.2, 0.25) is 0 Å². The van der Waals surface area contributed by atoms with Crippen molar-refractivity contribution in [2.24, 2.45) is 0 Å². The Balaban J connectivity index is 2.56. The lowest BCUT2D eigenvalue weighted by molar-refractivity contribution is -0.133. The van der Waals surface area contributed by atoms with Crippen LogP contribution in [0, 0.1) is 0 Å². The first kappa shape index (κ1) is 12.2. The molecule has 0 saturated carbocycles. The Labute approximate surface area is 103 Å². The van der Waals surface area contributed by atoms with Crippen molar-refractivity contribution in [3.8, 4) is 0 Å². The average Bonchev–Trinajstić information content (AvgIpc) is 2.36. The second-order valence-electron chi connectivity index (χ2n) is 4.14. The molecular weight excluding hydrogens is 234 g/mol. The van der Waals surface area contributed by atoms with Crippen molar-refractivity contribution in [3.63, 3.8) is 0 Å². The number of hydrogen-bond acceptors (Lipinski definition) is 4. The molecule has 0 N–H and O–H groups in total. The van der Waals surface area contributed by atoms with Crippen LogP contribution in [-0.4, -0.2) is 41.2 Å². The van der Waals surface area contributed by atoms with E-state index in [0.29, 0.717) is 0 Å². The Hall–Kier alpha value is -2.30. The summed E-state index contributed by atoms with van der Waals surface area (Å²) in [5.41, 5.74) is 0.306. The molecule has 5 heteroatoms. The summed E-state index contributed by atoms with van der Waals surface area (Å²) in [5.74, 6) is -2.51. The van der Waals surface area contributed by atoms with Crippen molar-refractivity contribution in [1.29, 1.82) is 0 Å². The van der Waals surface area contributed by atoms with E-state index in [1.807, 2.05) is 0 Å². The zero-order valence-electron chi connectivity index (χ0n) is 9.97. The van der Waals surface area contributed by atoms with Crippen LogP contribution in [0.5, 0.6) is 0 Å². The molecule has 0 saturated heterocycles. The maximum Gasteiger partial charge on any atom is 0.233 e. The third kappa shape index (κ3) is 1.64. The highest BCUT2D eigenvalue weighted by atomic mass is 16.2. The van der Waals surface area contributed by atoms with Gasteiger partial charge in [-0.1, -0.05) is 24.3 Å². The Morgan fingerprint density at radius 1 is 1.06 bits per heavy atom. The number of amides is 1. The number of carbonyl (C=O) groups is 4. The lowest BCUT2D eigenvalue weighted by atomic mass is 9.84. The lowest BCUT2D eigenvalue weighted by Crippen LogP contribution is -2.52. The van der Waals surface area contributed by atoms with Gasteiger partial charge in [0.05, 0.1) is 0 Å². The van der Waals surface area contributed by atoms with E-state index in [9.17, 15) is 19.2 Å².